The van der Waals surface area contributed by atoms with Crippen LogP contribution in [-0.4, -0.2) is 16.1 Å². The molecule has 0 unspecified atom stereocenters. The number of aromatic nitrogens is 2. The lowest BCUT2D eigenvalue weighted by atomic mass is 10.2. The number of hydrogen-bond donors (Lipinski definition) is 1. The van der Waals surface area contributed by atoms with Crippen molar-refractivity contribution in [2.24, 2.45) is 0 Å². The second-order valence-corrected chi connectivity index (χ2v) is 7.90. The van der Waals surface area contributed by atoms with Gasteiger partial charge in [0, 0.05) is 22.6 Å². The first-order valence-corrected chi connectivity index (χ1v) is 9.76. The minimum Gasteiger partial charge on any atom is -0.457 e. The summed E-state index contributed by atoms with van der Waals surface area (Å²) < 4.78 is 5.70. The molecule has 1 N–H and O–H groups in total. The molecular weight excluding hydrogens is 419 g/mol. The van der Waals surface area contributed by atoms with Crippen molar-refractivity contribution in [1.29, 1.82) is 5.26 Å². The molecule has 0 radical (unpaired) electrons. The first kappa shape index (κ1) is 20.1. The SMILES string of the molecule is CC(C)c1nnc(NC(=O)/C(C#N)=C\c2ccc(-c3ccc(Cl)cc3Cl)o2)s1. The van der Waals surface area contributed by atoms with E-state index >= 15 is 0 Å². The van der Waals surface area contributed by atoms with Crippen LogP contribution in [0.3, 0.4) is 0 Å². The highest BCUT2D eigenvalue weighted by atomic mass is 35.5. The topological polar surface area (TPSA) is 91.8 Å². The maximum Gasteiger partial charge on any atom is 0.268 e. The molecule has 0 saturated carbocycles. The second kappa shape index (κ2) is 8.57. The Bertz CT molecular complexity index is 1100. The number of halogens is 2. The highest BCUT2D eigenvalue weighted by Gasteiger charge is 2.15. The average molecular weight is 433 g/mol. The van der Waals surface area contributed by atoms with Crippen LogP contribution >= 0.6 is 34.5 Å². The summed E-state index contributed by atoms with van der Waals surface area (Å²) in [7, 11) is 0. The van der Waals surface area contributed by atoms with E-state index < -0.39 is 5.91 Å². The van der Waals surface area contributed by atoms with Gasteiger partial charge in [-0.05, 0) is 30.3 Å². The molecule has 0 atom stereocenters. The van der Waals surface area contributed by atoms with Crippen molar-refractivity contribution in [3.8, 4) is 17.4 Å². The summed E-state index contributed by atoms with van der Waals surface area (Å²) in [5, 5.41) is 21.9. The Balaban J connectivity index is 1.79. The van der Waals surface area contributed by atoms with Gasteiger partial charge in [0.25, 0.3) is 5.91 Å². The van der Waals surface area contributed by atoms with Gasteiger partial charge in [-0.25, -0.2) is 0 Å². The lowest BCUT2D eigenvalue weighted by Gasteiger charge is -2.01. The normalized spacial score (nSPS) is 11.5. The van der Waals surface area contributed by atoms with Gasteiger partial charge in [0.05, 0.1) is 5.02 Å². The molecule has 28 heavy (non-hydrogen) atoms. The van der Waals surface area contributed by atoms with E-state index in [-0.39, 0.29) is 11.5 Å². The van der Waals surface area contributed by atoms with Crippen LogP contribution < -0.4 is 5.32 Å². The molecule has 0 aliphatic carbocycles. The van der Waals surface area contributed by atoms with Gasteiger partial charge in [-0.3, -0.25) is 10.1 Å². The number of furan rings is 1. The van der Waals surface area contributed by atoms with Gasteiger partial charge in [0.15, 0.2) is 0 Å². The summed E-state index contributed by atoms with van der Waals surface area (Å²) in [6.07, 6.45) is 1.35. The number of anilines is 1. The highest BCUT2D eigenvalue weighted by molar-refractivity contribution is 7.15. The summed E-state index contributed by atoms with van der Waals surface area (Å²) in [6.45, 7) is 3.96. The van der Waals surface area contributed by atoms with E-state index in [0.717, 1.165) is 5.01 Å². The van der Waals surface area contributed by atoms with Gasteiger partial charge < -0.3 is 4.42 Å². The molecule has 3 rings (SSSR count). The van der Waals surface area contributed by atoms with E-state index in [0.29, 0.717) is 32.3 Å². The van der Waals surface area contributed by atoms with Gasteiger partial charge >= 0.3 is 0 Å². The van der Waals surface area contributed by atoms with E-state index in [1.54, 1.807) is 30.3 Å². The van der Waals surface area contributed by atoms with Crippen molar-refractivity contribution in [3.05, 3.63) is 56.7 Å². The highest BCUT2D eigenvalue weighted by Crippen LogP contribution is 2.32. The Hall–Kier alpha value is -2.66. The molecule has 0 fully saturated rings. The van der Waals surface area contributed by atoms with Crippen molar-refractivity contribution in [2.45, 2.75) is 19.8 Å². The number of hydrogen-bond acceptors (Lipinski definition) is 6. The minimum absolute atomic E-state index is 0.121. The van der Waals surface area contributed by atoms with Crippen LogP contribution in [0.1, 0.15) is 30.5 Å². The van der Waals surface area contributed by atoms with Gasteiger partial charge in [0.1, 0.15) is 28.2 Å². The van der Waals surface area contributed by atoms with Crippen LogP contribution in [0.4, 0.5) is 5.13 Å². The van der Waals surface area contributed by atoms with Crippen molar-refractivity contribution in [3.63, 3.8) is 0 Å². The quantitative estimate of drug-likeness (QED) is 0.407. The van der Waals surface area contributed by atoms with Gasteiger partial charge in [-0.15, -0.1) is 10.2 Å². The molecule has 2 heterocycles. The molecule has 0 aliphatic rings. The molecule has 0 bridgehead atoms. The zero-order chi connectivity index (χ0) is 20.3. The molecule has 0 aliphatic heterocycles. The van der Waals surface area contributed by atoms with Crippen molar-refractivity contribution >= 4 is 51.7 Å². The minimum atomic E-state index is -0.587. The summed E-state index contributed by atoms with van der Waals surface area (Å²) >= 11 is 13.4. The predicted molar refractivity (Wildman–Crippen MR) is 110 cm³/mol. The van der Waals surface area contributed by atoms with E-state index in [2.05, 4.69) is 15.5 Å². The Labute approximate surface area is 175 Å². The second-order valence-electron chi connectivity index (χ2n) is 6.05. The Kier molecular flexibility index (Phi) is 6.15. The number of carbonyl (C=O) groups excluding carboxylic acids is 1. The molecule has 9 heteroatoms. The zero-order valence-corrected chi connectivity index (χ0v) is 17.2. The maximum absolute atomic E-state index is 12.4. The molecule has 0 saturated heterocycles. The number of nitriles is 1. The largest absolute Gasteiger partial charge is 0.457 e. The summed E-state index contributed by atoms with van der Waals surface area (Å²) in [6, 6.07) is 10.3. The number of amides is 1. The third-order valence-corrected chi connectivity index (χ3v) is 5.32. The molecule has 2 aromatic heterocycles. The van der Waals surface area contributed by atoms with Crippen LogP contribution in [-0.2, 0) is 4.79 Å². The Morgan fingerprint density at radius 2 is 2.07 bits per heavy atom. The molecule has 1 amide bonds. The van der Waals surface area contributed by atoms with Crippen LogP contribution in [0.25, 0.3) is 17.4 Å². The molecule has 142 valence electrons. The monoisotopic (exact) mass is 432 g/mol. The van der Waals surface area contributed by atoms with Gasteiger partial charge in [0.2, 0.25) is 5.13 Å². The lowest BCUT2D eigenvalue weighted by molar-refractivity contribution is -0.112. The van der Waals surface area contributed by atoms with Crippen LogP contribution in [0, 0.1) is 11.3 Å². The third-order valence-electron chi connectivity index (χ3n) is 3.63. The Morgan fingerprint density at radius 3 is 2.71 bits per heavy atom. The third kappa shape index (κ3) is 4.60. The van der Waals surface area contributed by atoms with Gasteiger partial charge in [-0.1, -0.05) is 48.4 Å². The van der Waals surface area contributed by atoms with E-state index in [9.17, 15) is 10.1 Å². The fraction of sp³-hybridized carbons (Fsp3) is 0.158. The summed E-state index contributed by atoms with van der Waals surface area (Å²) in [5.41, 5.74) is 0.535. The van der Waals surface area contributed by atoms with Gasteiger partial charge in [-0.2, -0.15) is 5.26 Å². The molecule has 3 aromatic rings. The van der Waals surface area contributed by atoms with E-state index in [1.165, 1.54) is 17.4 Å². The van der Waals surface area contributed by atoms with Crippen LogP contribution in [0.15, 0.2) is 40.3 Å². The number of nitrogens with zero attached hydrogens (tertiary/aromatic N) is 3. The number of benzene rings is 1. The van der Waals surface area contributed by atoms with Crippen molar-refractivity contribution in [1.82, 2.24) is 10.2 Å². The number of nitrogens with one attached hydrogen (secondary N) is 1. The van der Waals surface area contributed by atoms with Crippen LogP contribution in [0.5, 0.6) is 0 Å². The predicted octanol–water partition coefficient (Wildman–Crippen LogP) is 5.77. The molecule has 1 aromatic carbocycles. The fourth-order valence-corrected chi connectivity index (χ4v) is 3.48. The lowest BCUT2D eigenvalue weighted by Crippen LogP contribution is -2.13. The summed E-state index contributed by atoms with van der Waals surface area (Å²) in [4.78, 5) is 12.4. The number of carbonyl (C=O) groups is 1. The van der Waals surface area contributed by atoms with Crippen molar-refractivity contribution in [2.75, 3.05) is 5.32 Å². The van der Waals surface area contributed by atoms with E-state index in [1.807, 2.05) is 19.9 Å². The summed E-state index contributed by atoms with van der Waals surface area (Å²) in [5.74, 6) is 0.455. The fourth-order valence-electron chi connectivity index (χ4n) is 2.24. The van der Waals surface area contributed by atoms with Crippen LogP contribution in [0.2, 0.25) is 10.0 Å². The van der Waals surface area contributed by atoms with E-state index in [4.69, 9.17) is 27.6 Å². The zero-order valence-electron chi connectivity index (χ0n) is 14.9. The average Bonchev–Trinajstić information content (AvgIpc) is 3.29. The Morgan fingerprint density at radius 1 is 1.29 bits per heavy atom. The maximum atomic E-state index is 12.4. The standard InChI is InChI=1S/C19H14Cl2N4O2S/c1-10(2)18-24-25-19(28-18)23-17(26)11(9-22)7-13-4-6-16(27-13)14-5-3-12(20)8-15(14)21/h3-8,10H,1-2H3,(H,23,25,26)/b11-7-. The first-order chi connectivity index (χ1) is 13.4. The smallest absolute Gasteiger partial charge is 0.268 e. The number of rotatable bonds is 5. The molecular formula is C19H14Cl2N4O2S. The molecule has 6 nitrogen and oxygen atoms in total. The first-order valence-electron chi connectivity index (χ1n) is 8.19. The molecule has 0 spiro atoms. The van der Waals surface area contributed by atoms with Crippen molar-refractivity contribution < 1.29 is 9.21 Å².